The van der Waals surface area contributed by atoms with Gasteiger partial charge in [-0.05, 0) is 19.3 Å². The molecule has 0 saturated carbocycles. The first-order valence-electron chi connectivity index (χ1n) is 6.99. The minimum Gasteiger partial charge on any atom is -0.481 e. The van der Waals surface area contributed by atoms with Gasteiger partial charge in [-0.1, -0.05) is 13.8 Å². The molecule has 1 rings (SSSR count). The Morgan fingerprint density at radius 1 is 1.30 bits per heavy atom. The summed E-state index contributed by atoms with van der Waals surface area (Å²) in [5.41, 5.74) is 0. The van der Waals surface area contributed by atoms with E-state index in [0.717, 1.165) is 12.8 Å². The molecule has 1 amide bonds. The number of nitrogens with zero attached hydrogens (tertiary/aromatic N) is 1. The van der Waals surface area contributed by atoms with Crippen molar-refractivity contribution in [3.63, 3.8) is 0 Å². The molecule has 1 heterocycles. The van der Waals surface area contributed by atoms with Crippen LogP contribution in [0.15, 0.2) is 0 Å². The van der Waals surface area contributed by atoms with Gasteiger partial charge in [0.25, 0.3) is 0 Å². The van der Waals surface area contributed by atoms with Crippen molar-refractivity contribution in [3.05, 3.63) is 0 Å². The number of carbonyl (C=O) groups is 3. The van der Waals surface area contributed by atoms with Crippen LogP contribution >= 0.6 is 0 Å². The lowest BCUT2D eigenvalue weighted by Gasteiger charge is -2.27. The number of aliphatic carboxylic acids is 1. The van der Waals surface area contributed by atoms with E-state index >= 15 is 0 Å². The maximum Gasteiger partial charge on any atom is 0.306 e. The van der Waals surface area contributed by atoms with Crippen molar-refractivity contribution in [1.82, 2.24) is 4.90 Å². The van der Waals surface area contributed by atoms with Crippen LogP contribution in [0.4, 0.5) is 0 Å². The summed E-state index contributed by atoms with van der Waals surface area (Å²) in [5.74, 6) is -2.16. The van der Waals surface area contributed by atoms with Crippen LogP contribution in [0.1, 0.15) is 40.0 Å². The molecule has 6 heteroatoms. The number of carboxylic acid groups (broad SMARTS) is 1. The highest BCUT2D eigenvalue weighted by Gasteiger charge is 2.33. The number of esters is 1. The highest BCUT2D eigenvalue weighted by Crippen LogP contribution is 2.23. The molecule has 6 nitrogen and oxygen atoms in total. The predicted molar refractivity (Wildman–Crippen MR) is 71.9 cm³/mol. The third kappa shape index (κ3) is 4.51. The van der Waals surface area contributed by atoms with E-state index in [1.54, 1.807) is 18.7 Å². The molecule has 1 aliphatic heterocycles. The SMILES string of the molecule is CC(=O)OCC1CCCN1C(=O)C(C)CC(C)C(=O)O. The van der Waals surface area contributed by atoms with Crippen LogP contribution < -0.4 is 0 Å². The van der Waals surface area contributed by atoms with E-state index in [9.17, 15) is 14.4 Å². The number of carbonyl (C=O) groups excluding carboxylic acids is 2. The standard InChI is InChI=1S/C14H23NO5/c1-9(7-10(2)14(18)19)13(17)15-6-4-5-12(15)8-20-11(3)16/h9-10,12H,4-8H2,1-3H3,(H,18,19). The van der Waals surface area contributed by atoms with Gasteiger partial charge in [-0.15, -0.1) is 0 Å². The molecule has 1 saturated heterocycles. The average Bonchev–Trinajstić information content (AvgIpc) is 2.83. The fourth-order valence-corrected chi connectivity index (χ4v) is 2.53. The van der Waals surface area contributed by atoms with Crippen molar-refractivity contribution in [3.8, 4) is 0 Å². The molecule has 1 N–H and O–H groups in total. The summed E-state index contributed by atoms with van der Waals surface area (Å²) in [6.45, 7) is 5.58. The lowest BCUT2D eigenvalue weighted by Crippen LogP contribution is -2.42. The van der Waals surface area contributed by atoms with Crippen LogP contribution in [0.25, 0.3) is 0 Å². The number of hydrogen-bond acceptors (Lipinski definition) is 4. The first-order chi connectivity index (χ1) is 9.32. The minimum absolute atomic E-state index is 0.0484. The Morgan fingerprint density at radius 2 is 1.95 bits per heavy atom. The van der Waals surface area contributed by atoms with Crippen molar-refractivity contribution in [1.29, 1.82) is 0 Å². The monoisotopic (exact) mass is 285 g/mol. The molecule has 114 valence electrons. The van der Waals surface area contributed by atoms with E-state index in [1.807, 2.05) is 0 Å². The number of carboxylic acids is 1. The molecular weight excluding hydrogens is 262 g/mol. The fraction of sp³-hybridized carbons (Fsp3) is 0.786. The van der Waals surface area contributed by atoms with Crippen LogP contribution in [-0.2, 0) is 19.1 Å². The largest absolute Gasteiger partial charge is 0.481 e. The smallest absolute Gasteiger partial charge is 0.306 e. The molecule has 3 unspecified atom stereocenters. The Labute approximate surface area is 119 Å². The summed E-state index contributed by atoms with van der Waals surface area (Å²) in [5, 5.41) is 8.89. The number of amides is 1. The summed E-state index contributed by atoms with van der Waals surface area (Å²) < 4.78 is 4.98. The second-order valence-corrected chi connectivity index (χ2v) is 5.51. The maximum atomic E-state index is 12.4. The van der Waals surface area contributed by atoms with Crippen molar-refractivity contribution in [2.75, 3.05) is 13.2 Å². The Bertz CT molecular complexity index is 382. The maximum absolute atomic E-state index is 12.4. The lowest BCUT2D eigenvalue weighted by atomic mass is 9.96. The van der Waals surface area contributed by atoms with E-state index in [0.29, 0.717) is 13.0 Å². The number of rotatable bonds is 6. The van der Waals surface area contributed by atoms with Gasteiger partial charge in [0.15, 0.2) is 0 Å². The molecule has 1 fully saturated rings. The summed E-state index contributed by atoms with van der Waals surface area (Å²) in [4.78, 5) is 35.8. The molecule has 0 bridgehead atoms. The quantitative estimate of drug-likeness (QED) is 0.743. The van der Waals surface area contributed by atoms with Gasteiger partial charge in [0.05, 0.1) is 12.0 Å². The van der Waals surface area contributed by atoms with Gasteiger partial charge < -0.3 is 14.7 Å². The highest BCUT2D eigenvalue weighted by molar-refractivity contribution is 5.80. The van der Waals surface area contributed by atoms with Crippen molar-refractivity contribution < 1.29 is 24.2 Å². The van der Waals surface area contributed by atoms with Crippen LogP contribution in [0.5, 0.6) is 0 Å². The molecule has 3 atom stereocenters. The number of ether oxygens (including phenoxy) is 1. The van der Waals surface area contributed by atoms with Gasteiger partial charge in [0.1, 0.15) is 6.61 Å². The molecule has 20 heavy (non-hydrogen) atoms. The van der Waals surface area contributed by atoms with Gasteiger partial charge in [-0.3, -0.25) is 14.4 Å². The molecule has 0 aliphatic carbocycles. The zero-order valence-electron chi connectivity index (χ0n) is 12.3. The molecule has 0 spiro atoms. The van der Waals surface area contributed by atoms with Gasteiger partial charge in [0, 0.05) is 19.4 Å². The van der Waals surface area contributed by atoms with Crippen molar-refractivity contribution in [2.24, 2.45) is 11.8 Å². The molecule has 0 radical (unpaired) electrons. The Balaban J connectivity index is 2.55. The third-order valence-corrected chi connectivity index (χ3v) is 3.69. The third-order valence-electron chi connectivity index (χ3n) is 3.69. The topological polar surface area (TPSA) is 83.9 Å². The number of hydrogen-bond donors (Lipinski definition) is 1. The zero-order chi connectivity index (χ0) is 15.3. The minimum atomic E-state index is -0.887. The summed E-state index contributed by atoms with van der Waals surface area (Å²) in [6, 6.07) is -0.0750. The van der Waals surface area contributed by atoms with Gasteiger partial charge in [-0.2, -0.15) is 0 Å². The van der Waals surface area contributed by atoms with Crippen molar-refractivity contribution in [2.45, 2.75) is 46.1 Å². The first-order valence-corrected chi connectivity index (χ1v) is 6.99. The van der Waals surface area contributed by atoms with Crippen LogP contribution in [-0.4, -0.2) is 47.0 Å². The zero-order valence-corrected chi connectivity index (χ0v) is 12.3. The molecule has 0 aromatic rings. The first kappa shape index (κ1) is 16.5. The molecule has 0 aromatic heterocycles. The van der Waals surface area contributed by atoms with Crippen LogP contribution in [0.3, 0.4) is 0 Å². The van der Waals surface area contributed by atoms with Crippen LogP contribution in [0, 0.1) is 11.8 Å². The Morgan fingerprint density at radius 3 is 2.50 bits per heavy atom. The molecular formula is C14H23NO5. The van der Waals surface area contributed by atoms with E-state index in [2.05, 4.69) is 0 Å². The fourth-order valence-electron chi connectivity index (χ4n) is 2.53. The predicted octanol–water partition coefficient (Wildman–Crippen LogP) is 1.29. The van der Waals surface area contributed by atoms with Crippen molar-refractivity contribution >= 4 is 17.8 Å². The van der Waals surface area contributed by atoms with E-state index in [1.165, 1.54) is 6.92 Å². The molecule has 1 aliphatic rings. The van der Waals surface area contributed by atoms with Gasteiger partial charge >= 0.3 is 11.9 Å². The average molecular weight is 285 g/mol. The number of likely N-dealkylation sites (tertiary alicyclic amines) is 1. The second-order valence-electron chi connectivity index (χ2n) is 5.51. The van der Waals surface area contributed by atoms with Gasteiger partial charge in [0.2, 0.25) is 5.91 Å². The summed E-state index contributed by atoms with van der Waals surface area (Å²) in [6.07, 6.45) is 2.03. The lowest BCUT2D eigenvalue weighted by molar-refractivity contribution is -0.147. The van der Waals surface area contributed by atoms with Crippen LogP contribution in [0.2, 0.25) is 0 Å². The summed E-state index contributed by atoms with van der Waals surface area (Å²) >= 11 is 0. The second kappa shape index (κ2) is 7.26. The van der Waals surface area contributed by atoms with Gasteiger partial charge in [-0.25, -0.2) is 0 Å². The normalized spacial score (nSPS) is 21.4. The van der Waals surface area contributed by atoms with E-state index in [4.69, 9.17) is 9.84 Å². The van der Waals surface area contributed by atoms with E-state index in [-0.39, 0.29) is 30.4 Å². The Kier molecular flexibility index (Phi) is 5.98. The Hall–Kier alpha value is -1.59. The summed E-state index contributed by atoms with van der Waals surface area (Å²) in [7, 11) is 0. The van der Waals surface area contributed by atoms with E-state index < -0.39 is 11.9 Å². The highest BCUT2D eigenvalue weighted by atomic mass is 16.5. The molecule has 0 aromatic carbocycles.